The Labute approximate surface area is 126 Å². The lowest BCUT2D eigenvalue weighted by Crippen LogP contribution is -2.22. The molecule has 9 heteroatoms. The Hall–Kier alpha value is -2.55. The summed E-state index contributed by atoms with van der Waals surface area (Å²) in [5, 5.41) is 20.1. The smallest absolute Gasteiger partial charge is 0.343 e. The number of benzene rings is 1. The standard InChI is InChI=1S/C12H8BrN3O5/c13-8-4-14-6-15(11(8)17)5-7-2-1-3-9(16(20)21)10(7)12(18)19/h1-4,6H,5H2,(H,18,19). The summed E-state index contributed by atoms with van der Waals surface area (Å²) in [5.74, 6) is -1.42. The molecule has 0 spiro atoms. The van der Waals surface area contributed by atoms with Gasteiger partial charge in [-0.25, -0.2) is 9.78 Å². The number of carboxylic acids is 1. The second-order valence-corrected chi connectivity index (χ2v) is 4.90. The zero-order chi connectivity index (χ0) is 15.6. The molecule has 0 saturated carbocycles. The minimum Gasteiger partial charge on any atom is -0.477 e. The first kappa shape index (κ1) is 14.9. The van der Waals surface area contributed by atoms with Crippen LogP contribution >= 0.6 is 15.9 Å². The fourth-order valence-electron chi connectivity index (χ4n) is 1.84. The zero-order valence-electron chi connectivity index (χ0n) is 10.4. The highest BCUT2D eigenvalue weighted by Gasteiger charge is 2.23. The van der Waals surface area contributed by atoms with E-state index in [9.17, 15) is 24.8 Å². The monoisotopic (exact) mass is 353 g/mol. The highest BCUT2D eigenvalue weighted by molar-refractivity contribution is 9.10. The third-order valence-electron chi connectivity index (χ3n) is 2.74. The van der Waals surface area contributed by atoms with Crippen molar-refractivity contribution in [3.05, 3.63) is 66.8 Å². The van der Waals surface area contributed by atoms with Crippen molar-refractivity contribution in [2.24, 2.45) is 0 Å². The van der Waals surface area contributed by atoms with E-state index in [1.165, 1.54) is 24.7 Å². The predicted molar refractivity (Wildman–Crippen MR) is 75.4 cm³/mol. The summed E-state index contributed by atoms with van der Waals surface area (Å²) in [7, 11) is 0. The van der Waals surface area contributed by atoms with Crippen LogP contribution < -0.4 is 5.56 Å². The van der Waals surface area contributed by atoms with Crippen LogP contribution in [0.25, 0.3) is 0 Å². The van der Waals surface area contributed by atoms with Crippen LogP contribution in [0.2, 0.25) is 0 Å². The van der Waals surface area contributed by atoms with Gasteiger partial charge >= 0.3 is 5.97 Å². The number of hydrogen-bond acceptors (Lipinski definition) is 5. The quantitative estimate of drug-likeness (QED) is 0.660. The number of halogens is 1. The molecule has 0 amide bonds. The molecule has 1 N–H and O–H groups in total. The number of aromatic nitrogens is 2. The van der Waals surface area contributed by atoms with Crippen molar-refractivity contribution in [3.8, 4) is 0 Å². The van der Waals surface area contributed by atoms with Gasteiger partial charge in [0, 0.05) is 12.3 Å². The average molecular weight is 354 g/mol. The van der Waals surface area contributed by atoms with Gasteiger partial charge in [-0.1, -0.05) is 12.1 Å². The van der Waals surface area contributed by atoms with Crippen LogP contribution in [0.3, 0.4) is 0 Å². The Bertz CT molecular complexity index is 787. The molecule has 0 aliphatic heterocycles. The summed E-state index contributed by atoms with van der Waals surface area (Å²) < 4.78 is 1.38. The maximum Gasteiger partial charge on any atom is 0.343 e. The summed E-state index contributed by atoms with van der Waals surface area (Å²) in [4.78, 5) is 37.1. The molecule has 0 unspecified atom stereocenters. The van der Waals surface area contributed by atoms with E-state index < -0.39 is 27.7 Å². The van der Waals surface area contributed by atoms with E-state index >= 15 is 0 Å². The third kappa shape index (κ3) is 2.97. The van der Waals surface area contributed by atoms with Crippen LogP contribution in [0.4, 0.5) is 5.69 Å². The van der Waals surface area contributed by atoms with Crippen LogP contribution in [0.15, 0.2) is 40.0 Å². The summed E-state index contributed by atoms with van der Waals surface area (Å²) >= 11 is 3.02. The van der Waals surface area contributed by atoms with Crippen molar-refractivity contribution in [1.29, 1.82) is 0 Å². The number of hydrogen-bond donors (Lipinski definition) is 1. The van der Waals surface area contributed by atoms with Crippen molar-refractivity contribution in [2.75, 3.05) is 0 Å². The van der Waals surface area contributed by atoms with Gasteiger partial charge in [-0.05, 0) is 21.5 Å². The molecule has 1 aromatic carbocycles. The molecule has 0 radical (unpaired) electrons. The number of carboxylic acid groups (broad SMARTS) is 1. The predicted octanol–water partition coefficient (Wildman–Crippen LogP) is 1.66. The number of aromatic carboxylic acids is 1. The Balaban J connectivity index is 2.57. The van der Waals surface area contributed by atoms with E-state index in [4.69, 9.17) is 0 Å². The molecule has 0 fully saturated rings. The van der Waals surface area contributed by atoms with E-state index in [0.717, 1.165) is 10.6 Å². The first-order valence-electron chi connectivity index (χ1n) is 5.61. The number of nitro groups is 1. The molecule has 1 aromatic heterocycles. The van der Waals surface area contributed by atoms with Gasteiger partial charge in [0.15, 0.2) is 0 Å². The van der Waals surface area contributed by atoms with Gasteiger partial charge in [0.1, 0.15) is 10.0 Å². The number of carbonyl (C=O) groups is 1. The van der Waals surface area contributed by atoms with Gasteiger partial charge in [0.05, 0.1) is 17.8 Å². The zero-order valence-corrected chi connectivity index (χ0v) is 12.0. The Morgan fingerprint density at radius 2 is 2.19 bits per heavy atom. The molecule has 0 bridgehead atoms. The van der Waals surface area contributed by atoms with Gasteiger partial charge in [-0.3, -0.25) is 19.5 Å². The number of nitrogens with zero attached hydrogens (tertiary/aromatic N) is 3. The molecular weight excluding hydrogens is 346 g/mol. The first-order valence-corrected chi connectivity index (χ1v) is 6.40. The van der Waals surface area contributed by atoms with Crippen LogP contribution in [0.5, 0.6) is 0 Å². The Morgan fingerprint density at radius 1 is 1.48 bits per heavy atom. The molecule has 0 atom stereocenters. The van der Waals surface area contributed by atoms with Gasteiger partial charge in [0.25, 0.3) is 11.2 Å². The Morgan fingerprint density at radius 3 is 2.81 bits per heavy atom. The fourth-order valence-corrected chi connectivity index (χ4v) is 2.18. The number of rotatable bonds is 4. The molecule has 0 aliphatic carbocycles. The van der Waals surface area contributed by atoms with Gasteiger partial charge in [-0.15, -0.1) is 0 Å². The van der Waals surface area contributed by atoms with E-state index in [2.05, 4.69) is 20.9 Å². The van der Waals surface area contributed by atoms with E-state index in [1.807, 2.05) is 0 Å². The topological polar surface area (TPSA) is 115 Å². The van der Waals surface area contributed by atoms with Gasteiger partial charge in [0.2, 0.25) is 0 Å². The lowest BCUT2D eigenvalue weighted by molar-refractivity contribution is -0.385. The van der Waals surface area contributed by atoms with Gasteiger partial charge in [-0.2, -0.15) is 0 Å². The van der Waals surface area contributed by atoms with E-state index in [1.54, 1.807) is 0 Å². The summed E-state index contributed by atoms with van der Waals surface area (Å²) in [5.41, 5.74) is -1.21. The minimum atomic E-state index is -1.42. The molecule has 1 heterocycles. The first-order chi connectivity index (χ1) is 9.91. The SMILES string of the molecule is O=C(O)c1c(Cn2cncc(Br)c2=O)cccc1[N+](=O)[O-]. The molecule has 2 aromatic rings. The molecule has 0 aliphatic rings. The van der Waals surface area contributed by atoms with Crippen LogP contribution in [-0.2, 0) is 6.54 Å². The highest BCUT2D eigenvalue weighted by atomic mass is 79.9. The third-order valence-corrected chi connectivity index (χ3v) is 3.28. The van der Waals surface area contributed by atoms with E-state index in [0.29, 0.717) is 0 Å². The second kappa shape index (κ2) is 5.83. The molecule has 8 nitrogen and oxygen atoms in total. The van der Waals surface area contributed by atoms with Crippen molar-refractivity contribution < 1.29 is 14.8 Å². The maximum absolute atomic E-state index is 11.9. The largest absolute Gasteiger partial charge is 0.477 e. The fraction of sp³-hybridized carbons (Fsp3) is 0.0833. The van der Waals surface area contributed by atoms with Crippen LogP contribution in [0.1, 0.15) is 15.9 Å². The van der Waals surface area contributed by atoms with Crippen LogP contribution in [-0.4, -0.2) is 25.6 Å². The van der Waals surface area contributed by atoms with Crippen molar-refractivity contribution in [1.82, 2.24) is 9.55 Å². The molecule has 2 rings (SSSR count). The normalized spacial score (nSPS) is 10.3. The molecule has 21 heavy (non-hydrogen) atoms. The van der Waals surface area contributed by atoms with Crippen molar-refractivity contribution in [3.63, 3.8) is 0 Å². The average Bonchev–Trinajstić information content (AvgIpc) is 2.43. The molecule has 0 saturated heterocycles. The van der Waals surface area contributed by atoms with Crippen molar-refractivity contribution >= 4 is 27.6 Å². The summed E-state index contributed by atoms with van der Waals surface area (Å²) in [6.45, 7) is -0.130. The molecular formula is C12H8BrN3O5. The summed E-state index contributed by atoms with van der Waals surface area (Å²) in [6, 6.07) is 3.90. The second-order valence-electron chi connectivity index (χ2n) is 4.05. The lowest BCUT2D eigenvalue weighted by Gasteiger charge is -2.08. The summed E-state index contributed by atoms with van der Waals surface area (Å²) in [6.07, 6.45) is 2.54. The van der Waals surface area contributed by atoms with Crippen molar-refractivity contribution in [2.45, 2.75) is 6.54 Å². The number of nitro benzene ring substituents is 1. The van der Waals surface area contributed by atoms with Crippen LogP contribution in [0, 0.1) is 10.1 Å². The van der Waals surface area contributed by atoms with E-state index in [-0.39, 0.29) is 16.6 Å². The highest BCUT2D eigenvalue weighted by Crippen LogP contribution is 2.23. The Kier molecular flexibility index (Phi) is 4.13. The molecule has 108 valence electrons. The van der Waals surface area contributed by atoms with Gasteiger partial charge < -0.3 is 5.11 Å². The maximum atomic E-state index is 11.9. The minimum absolute atomic E-state index is 0.130. The lowest BCUT2D eigenvalue weighted by atomic mass is 10.1.